The van der Waals surface area contributed by atoms with Crippen molar-refractivity contribution in [3.05, 3.63) is 63.1 Å². The number of nitrogens with one attached hydrogen (secondary N) is 1. The van der Waals surface area contributed by atoms with E-state index >= 15 is 0 Å². The number of amides is 1. The molecule has 0 radical (unpaired) electrons. The number of thioether (sulfide) groups is 1. The lowest BCUT2D eigenvalue weighted by Crippen LogP contribution is -2.39. The van der Waals surface area contributed by atoms with Crippen molar-refractivity contribution in [1.82, 2.24) is 5.43 Å². The summed E-state index contributed by atoms with van der Waals surface area (Å²) >= 11 is 13.4. The molecule has 9 heteroatoms. The molecule has 6 nitrogen and oxygen atoms in total. The van der Waals surface area contributed by atoms with Gasteiger partial charge in [0, 0.05) is 17.8 Å². The molecule has 0 saturated heterocycles. The Bertz CT molecular complexity index is 1080. The maximum atomic E-state index is 11.7. The largest absolute Gasteiger partial charge is 0.409 e. The summed E-state index contributed by atoms with van der Waals surface area (Å²) in [4.78, 5) is 13.7. The van der Waals surface area contributed by atoms with Crippen LogP contribution in [0.1, 0.15) is 37.0 Å². The van der Waals surface area contributed by atoms with Gasteiger partial charge in [-0.2, -0.15) is 5.10 Å². The van der Waals surface area contributed by atoms with Crippen LogP contribution >= 0.6 is 35.0 Å². The third-order valence-corrected chi connectivity index (χ3v) is 6.90. The zero-order chi connectivity index (χ0) is 21.5. The number of fused-ring (bicyclic) bond motifs is 1. The molecule has 0 bridgehead atoms. The number of hydrazone groups is 1. The van der Waals surface area contributed by atoms with Crippen LogP contribution in [-0.2, 0) is 6.42 Å². The van der Waals surface area contributed by atoms with Gasteiger partial charge in [0.2, 0.25) is 0 Å². The van der Waals surface area contributed by atoms with E-state index < -0.39 is 4.75 Å². The second kappa shape index (κ2) is 8.13. The summed E-state index contributed by atoms with van der Waals surface area (Å²) in [5.41, 5.74) is 7.12. The maximum Gasteiger partial charge on any atom is 0.300 e. The Labute approximate surface area is 188 Å². The first-order valence-corrected chi connectivity index (χ1v) is 11.0. The first kappa shape index (κ1) is 21.0. The van der Waals surface area contributed by atoms with Crippen molar-refractivity contribution in [2.75, 3.05) is 11.4 Å². The van der Waals surface area contributed by atoms with E-state index in [2.05, 4.69) is 21.7 Å². The number of nitrogens with zero attached hydrogens (tertiary/aromatic N) is 3. The number of rotatable bonds is 2. The Morgan fingerprint density at radius 2 is 2.03 bits per heavy atom. The number of hydrogen-bond acceptors (Lipinski definition) is 5. The standard InChI is InChI=1S/C21H20Cl2N4O2S/c1-21(2)18(24-25-20(28)30-21)13-6-8-17-12(10-13)4-3-9-27(17)19(26-29)14-5-7-15(22)16(23)11-14/h5-8,10-11,29H,3-4,9H2,1-2H3,(H,25,28). The van der Waals surface area contributed by atoms with Crippen LogP contribution in [0.15, 0.2) is 46.7 Å². The SMILES string of the molecule is CC1(C)SC(=O)NN=C1c1ccc2c(c1)CCCN2C(=NO)c1ccc(Cl)c(Cl)c1. The first-order chi connectivity index (χ1) is 14.3. The molecule has 0 unspecified atom stereocenters. The van der Waals surface area contributed by atoms with Crippen LogP contribution in [-0.4, -0.2) is 33.3 Å². The fourth-order valence-corrected chi connectivity index (χ4v) is 4.93. The molecule has 156 valence electrons. The average molecular weight is 463 g/mol. The number of anilines is 1. The van der Waals surface area contributed by atoms with Crippen molar-refractivity contribution < 1.29 is 10.0 Å². The van der Waals surface area contributed by atoms with E-state index in [0.717, 1.165) is 35.4 Å². The number of aryl methyl sites for hydroxylation is 1. The van der Waals surface area contributed by atoms with Crippen LogP contribution in [0.5, 0.6) is 0 Å². The van der Waals surface area contributed by atoms with Crippen molar-refractivity contribution >= 4 is 57.4 Å². The lowest BCUT2D eigenvalue weighted by Gasteiger charge is -2.33. The summed E-state index contributed by atoms with van der Waals surface area (Å²) in [7, 11) is 0. The number of carbonyl (C=O) groups excluding carboxylic acids is 1. The molecule has 2 aromatic rings. The molecule has 0 aromatic heterocycles. The third kappa shape index (κ3) is 3.89. The number of oxime groups is 1. The van der Waals surface area contributed by atoms with E-state index in [-0.39, 0.29) is 5.24 Å². The molecule has 0 fully saturated rings. The van der Waals surface area contributed by atoms with Crippen LogP contribution in [0.2, 0.25) is 10.0 Å². The van der Waals surface area contributed by atoms with Gasteiger partial charge in [-0.1, -0.05) is 46.2 Å². The molecule has 2 aromatic carbocycles. The molecule has 2 heterocycles. The third-order valence-electron chi connectivity index (χ3n) is 5.18. The van der Waals surface area contributed by atoms with Gasteiger partial charge in [0.15, 0.2) is 5.84 Å². The van der Waals surface area contributed by atoms with Crippen molar-refractivity contribution in [2.45, 2.75) is 31.4 Å². The highest BCUT2D eigenvalue weighted by atomic mass is 35.5. The Morgan fingerprint density at radius 1 is 1.23 bits per heavy atom. The molecule has 2 aliphatic heterocycles. The molecular weight excluding hydrogens is 443 g/mol. The summed E-state index contributed by atoms with van der Waals surface area (Å²) in [5.74, 6) is 0.417. The Morgan fingerprint density at radius 3 is 2.73 bits per heavy atom. The second-order valence-electron chi connectivity index (χ2n) is 7.62. The lowest BCUT2D eigenvalue weighted by molar-refractivity contribution is 0.260. The number of amidine groups is 1. The van der Waals surface area contributed by atoms with Gasteiger partial charge in [-0.25, -0.2) is 5.43 Å². The fourth-order valence-electron chi connectivity index (χ4n) is 3.82. The minimum absolute atomic E-state index is 0.154. The van der Waals surface area contributed by atoms with Gasteiger partial charge in [0.25, 0.3) is 5.24 Å². The zero-order valence-electron chi connectivity index (χ0n) is 16.4. The van der Waals surface area contributed by atoms with Crippen LogP contribution in [0.25, 0.3) is 0 Å². The minimum atomic E-state index is -0.428. The van der Waals surface area contributed by atoms with Crippen molar-refractivity contribution in [1.29, 1.82) is 0 Å². The van der Waals surface area contributed by atoms with E-state index in [4.69, 9.17) is 23.2 Å². The highest BCUT2D eigenvalue weighted by Gasteiger charge is 2.34. The Balaban J connectivity index is 1.71. The molecule has 0 saturated carbocycles. The summed E-state index contributed by atoms with van der Waals surface area (Å²) in [5, 5.41) is 18.3. The maximum absolute atomic E-state index is 11.7. The van der Waals surface area contributed by atoms with E-state index in [1.165, 1.54) is 11.8 Å². The van der Waals surface area contributed by atoms with Crippen molar-refractivity contribution in [3.8, 4) is 0 Å². The number of benzene rings is 2. The molecule has 30 heavy (non-hydrogen) atoms. The Kier molecular flexibility index (Phi) is 5.70. The average Bonchev–Trinajstić information content (AvgIpc) is 2.70. The van der Waals surface area contributed by atoms with Gasteiger partial charge in [0.05, 0.1) is 20.5 Å². The molecule has 2 aliphatic rings. The number of carbonyl (C=O) groups is 1. The number of halogens is 2. The van der Waals surface area contributed by atoms with Gasteiger partial charge in [0.1, 0.15) is 0 Å². The van der Waals surface area contributed by atoms with E-state index in [0.29, 0.717) is 28.0 Å². The van der Waals surface area contributed by atoms with E-state index in [1.54, 1.807) is 18.2 Å². The fraction of sp³-hybridized carbons (Fsp3) is 0.286. The van der Waals surface area contributed by atoms with E-state index in [1.807, 2.05) is 30.9 Å². The minimum Gasteiger partial charge on any atom is -0.409 e. The topological polar surface area (TPSA) is 77.3 Å². The summed E-state index contributed by atoms with van der Waals surface area (Å²) in [6, 6.07) is 11.3. The predicted molar refractivity (Wildman–Crippen MR) is 124 cm³/mol. The second-order valence-corrected chi connectivity index (χ2v) is 10.0. The van der Waals surface area contributed by atoms with Crippen LogP contribution in [0.4, 0.5) is 10.5 Å². The van der Waals surface area contributed by atoms with Crippen LogP contribution in [0.3, 0.4) is 0 Å². The zero-order valence-corrected chi connectivity index (χ0v) is 18.8. The monoisotopic (exact) mass is 462 g/mol. The molecule has 2 N–H and O–H groups in total. The molecule has 4 rings (SSSR count). The first-order valence-electron chi connectivity index (χ1n) is 9.45. The molecule has 0 atom stereocenters. The molecule has 1 amide bonds. The molecule has 0 aliphatic carbocycles. The van der Waals surface area contributed by atoms with Gasteiger partial charge in [-0.05, 0) is 68.1 Å². The molecule has 0 spiro atoms. The van der Waals surface area contributed by atoms with Gasteiger partial charge in [-0.15, -0.1) is 0 Å². The van der Waals surface area contributed by atoms with Gasteiger partial charge >= 0.3 is 0 Å². The van der Waals surface area contributed by atoms with Crippen LogP contribution < -0.4 is 10.3 Å². The van der Waals surface area contributed by atoms with Crippen molar-refractivity contribution in [3.63, 3.8) is 0 Å². The van der Waals surface area contributed by atoms with E-state index in [9.17, 15) is 10.0 Å². The molecular formula is C21H20Cl2N4O2S. The smallest absolute Gasteiger partial charge is 0.300 e. The normalized spacial score (nSPS) is 18.5. The predicted octanol–water partition coefficient (Wildman–Crippen LogP) is 5.52. The van der Waals surface area contributed by atoms with Crippen LogP contribution in [0, 0.1) is 0 Å². The van der Waals surface area contributed by atoms with Gasteiger partial charge < -0.3 is 10.1 Å². The summed E-state index contributed by atoms with van der Waals surface area (Å²) < 4.78 is -0.428. The highest BCUT2D eigenvalue weighted by molar-refractivity contribution is 8.15. The number of hydrogen-bond donors (Lipinski definition) is 2. The lowest BCUT2D eigenvalue weighted by atomic mass is 9.93. The van der Waals surface area contributed by atoms with Gasteiger partial charge in [-0.3, -0.25) is 4.79 Å². The highest BCUT2D eigenvalue weighted by Crippen LogP contribution is 2.36. The summed E-state index contributed by atoms with van der Waals surface area (Å²) in [6.45, 7) is 4.69. The van der Waals surface area contributed by atoms with Crippen molar-refractivity contribution in [2.24, 2.45) is 10.3 Å². The Hall–Kier alpha value is -2.22. The quantitative estimate of drug-likeness (QED) is 0.266. The summed E-state index contributed by atoms with van der Waals surface area (Å²) in [6.07, 6.45) is 1.80.